The summed E-state index contributed by atoms with van der Waals surface area (Å²) < 4.78 is 5.51. The molecule has 3 heteroatoms. The summed E-state index contributed by atoms with van der Waals surface area (Å²) in [6.45, 7) is 5.94. The second-order valence-electron chi connectivity index (χ2n) is 4.10. The maximum atomic E-state index is 5.51. The molecule has 0 spiro atoms. The van der Waals surface area contributed by atoms with E-state index in [-0.39, 0.29) is 0 Å². The van der Waals surface area contributed by atoms with E-state index in [0.29, 0.717) is 12.1 Å². The van der Waals surface area contributed by atoms with E-state index in [1.807, 2.05) is 19.2 Å². The molecule has 2 atom stereocenters. The molecule has 2 rings (SSSR count). The fraction of sp³-hybridized carbons (Fsp3) is 0.583. The lowest BCUT2D eigenvalue weighted by atomic mass is 10.1. The van der Waals surface area contributed by atoms with Gasteiger partial charge in [0.05, 0.1) is 6.10 Å². The molecule has 1 aromatic heterocycles. The summed E-state index contributed by atoms with van der Waals surface area (Å²) >= 11 is 0. The third-order valence-corrected chi connectivity index (χ3v) is 3.05. The first kappa shape index (κ1) is 10.6. The number of nitrogens with one attached hydrogen (secondary N) is 1. The van der Waals surface area contributed by atoms with Crippen molar-refractivity contribution in [2.75, 3.05) is 6.61 Å². The molecule has 15 heavy (non-hydrogen) atoms. The van der Waals surface area contributed by atoms with Crippen LogP contribution in [0, 0.1) is 6.92 Å². The lowest BCUT2D eigenvalue weighted by Crippen LogP contribution is -2.34. The highest BCUT2D eigenvalue weighted by molar-refractivity contribution is 5.18. The monoisotopic (exact) mass is 206 g/mol. The third-order valence-electron chi connectivity index (χ3n) is 3.05. The Morgan fingerprint density at radius 2 is 2.47 bits per heavy atom. The molecule has 0 bridgehead atoms. The Balaban J connectivity index is 1.90. The molecule has 1 aromatic rings. The van der Waals surface area contributed by atoms with Gasteiger partial charge in [-0.05, 0) is 31.9 Å². The van der Waals surface area contributed by atoms with Gasteiger partial charge in [0.1, 0.15) is 0 Å². The van der Waals surface area contributed by atoms with Gasteiger partial charge in [-0.3, -0.25) is 4.98 Å². The lowest BCUT2D eigenvalue weighted by molar-refractivity contribution is 0.113. The molecule has 0 saturated carbocycles. The molecule has 1 aliphatic rings. The fourth-order valence-electron chi connectivity index (χ4n) is 1.95. The lowest BCUT2D eigenvalue weighted by Gasteiger charge is -2.16. The molecule has 0 aromatic carbocycles. The predicted octanol–water partition coefficient (Wildman–Crippen LogP) is 1.66. The first-order chi connectivity index (χ1) is 7.27. The Morgan fingerprint density at radius 1 is 1.60 bits per heavy atom. The summed E-state index contributed by atoms with van der Waals surface area (Å²) in [5.41, 5.74) is 2.38. The topological polar surface area (TPSA) is 34.2 Å². The zero-order valence-corrected chi connectivity index (χ0v) is 9.36. The molecule has 1 saturated heterocycles. The minimum atomic E-state index is 0.335. The Hall–Kier alpha value is -0.930. The van der Waals surface area contributed by atoms with Crippen LogP contribution in [0.3, 0.4) is 0 Å². The van der Waals surface area contributed by atoms with Crippen molar-refractivity contribution in [1.29, 1.82) is 0 Å². The number of aryl methyl sites for hydroxylation is 1. The Labute approximate surface area is 90.9 Å². The predicted molar refractivity (Wildman–Crippen MR) is 59.6 cm³/mol. The van der Waals surface area contributed by atoms with Crippen molar-refractivity contribution in [3.8, 4) is 0 Å². The van der Waals surface area contributed by atoms with Crippen LogP contribution in [-0.4, -0.2) is 23.7 Å². The number of aromatic nitrogens is 1. The van der Waals surface area contributed by atoms with E-state index in [2.05, 4.69) is 23.3 Å². The fourth-order valence-corrected chi connectivity index (χ4v) is 1.95. The number of nitrogens with zero attached hydrogens (tertiary/aromatic N) is 1. The molecule has 3 nitrogen and oxygen atoms in total. The van der Waals surface area contributed by atoms with Crippen LogP contribution in [0.2, 0.25) is 0 Å². The Morgan fingerprint density at radius 3 is 3.13 bits per heavy atom. The maximum absolute atomic E-state index is 5.51. The Kier molecular flexibility index (Phi) is 3.34. The summed E-state index contributed by atoms with van der Waals surface area (Å²) in [4.78, 5) is 4.27. The molecule has 1 fully saturated rings. The van der Waals surface area contributed by atoms with E-state index >= 15 is 0 Å². The normalized spacial score (nSPS) is 25.7. The van der Waals surface area contributed by atoms with Crippen LogP contribution < -0.4 is 5.32 Å². The van der Waals surface area contributed by atoms with E-state index < -0.39 is 0 Å². The molecule has 0 aliphatic carbocycles. The van der Waals surface area contributed by atoms with Crippen molar-refractivity contribution in [2.24, 2.45) is 0 Å². The molecular formula is C12H18N2O. The smallest absolute Gasteiger partial charge is 0.0700 e. The summed E-state index contributed by atoms with van der Waals surface area (Å²) in [6, 6.07) is 4.60. The van der Waals surface area contributed by atoms with Gasteiger partial charge in [0.15, 0.2) is 0 Å². The molecule has 2 unspecified atom stereocenters. The largest absolute Gasteiger partial charge is 0.377 e. The number of ether oxygens (including phenoxy) is 1. The zero-order valence-electron chi connectivity index (χ0n) is 9.36. The summed E-state index contributed by atoms with van der Waals surface area (Å²) in [5, 5.41) is 3.52. The standard InChI is InChI=1S/C12H18N2O/c1-9-11(4-3-6-13-9)8-14-12-5-7-15-10(12)2/h3-4,6,10,12,14H,5,7-8H2,1-2H3. The van der Waals surface area contributed by atoms with Crippen LogP contribution in [0.4, 0.5) is 0 Å². The summed E-state index contributed by atoms with van der Waals surface area (Å²) in [7, 11) is 0. The van der Waals surface area contributed by atoms with Gasteiger partial charge in [-0.2, -0.15) is 0 Å². The van der Waals surface area contributed by atoms with E-state index in [1.54, 1.807) is 0 Å². The number of rotatable bonds is 3. The number of hydrogen-bond acceptors (Lipinski definition) is 3. The second-order valence-corrected chi connectivity index (χ2v) is 4.10. The quantitative estimate of drug-likeness (QED) is 0.816. The van der Waals surface area contributed by atoms with Gasteiger partial charge >= 0.3 is 0 Å². The molecular weight excluding hydrogens is 188 g/mol. The maximum Gasteiger partial charge on any atom is 0.0700 e. The van der Waals surface area contributed by atoms with Crippen LogP contribution in [-0.2, 0) is 11.3 Å². The second kappa shape index (κ2) is 4.73. The summed E-state index contributed by atoms with van der Waals surface area (Å²) in [5.74, 6) is 0. The third kappa shape index (κ3) is 2.55. The van der Waals surface area contributed by atoms with Gasteiger partial charge < -0.3 is 10.1 Å². The van der Waals surface area contributed by atoms with Crippen molar-refractivity contribution >= 4 is 0 Å². The van der Waals surface area contributed by atoms with Crippen LogP contribution in [0.25, 0.3) is 0 Å². The molecule has 2 heterocycles. The summed E-state index contributed by atoms with van der Waals surface area (Å²) in [6.07, 6.45) is 3.28. The van der Waals surface area contributed by atoms with Gasteiger partial charge in [0, 0.05) is 31.1 Å². The average molecular weight is 206 g/mol. The molecule has 1 aliphatic heterocycles. The minimum absolute atomic E-state index is 0.335. The van der Waals surface area contributed by atoms with E-state index in [1.165, 1.54) is 5.56 Å². The Bertz CT molecular complexity index is 327. The highest BCUT2D eigenvalue weighted by Gasteiger charge is 2.23. The highest BCUT2D eigenvalue weighted by atomic mass is 16.5. The van der Waals surface area contributed by atoms with Crippen LogP contribution in [0.5, 0.6) is 0 Å². The van der Waals surface area contributed by atoms with Gasteiger partial charge in [-0.25, -0.2) is 0 Å². The first-order valence-electron chi connectivity index (χ1n) is 5.53. The zero-order chi connectivity index (χ0) is 10.7. The van der Waals surface area contributed by atoms with Crippen LogP contribution in [0.15, 0.2) is 18.3 Å². The van der Waals surface area contributed by atoms with Gasteiger partial charge in [0.2, 0.25) is 0 Å². The molecule has 82 valence electrons. The van der Waals surface area contributed by atoms with Gasteiger partial charge in [-0.15, -0.1) is 0 Å². The van der Waals surface area contributed by atoms with E-state index in [9.17, 15) is 0 Å². The van der Waals surface area contributed by atoms with Crippen molar-refractivity contribution in [3.63, 3.8) is 0 Å². The van der Waals surface area contributed by atoms with Crippen LogP contribution in [0.1, 0.15) is 24.6 Å². The molecule has 0 radical (unpaired) electrons. The van der Waals surface area contributed by atoms with Crippen molar-refractivity contribution < 1.29 is 4.74 Å². The average Bonchev–Trinajstić information content (AvgIpc) is 2.63. The van der Waals surface area contributed by atoms with E-state index in [4.69, 9.17) is 4.74 Å². The highest BCUT2D eigenvalue weighted by Crippen LogP contribution is 2.13. The molecule has 0 amide bonds. The van der Waals surface area contributed by atoms with Crippen molar-refractivity contribution in [2.45, 2.75) is 39.0 Å². The molecule has 1 N–H and O–H groups in total. The van der Waals surface area contributed by atoms with E-state index in [0.717, 1.165) is 25.3 Å². The number of pyridine rings is 1. The van der Waals surface area contributed by atoms with Crippen molar-refractivity contribution in [1.82, 2.24) is 10.3 Å². The number of hydrogen-bond donors (Lipinski definition) is 1. The van der Waals surface area contributed by atoms with Crippen molar-refractivity contribution in [3.05, 3.63) is 29.6 Å². The minimum Gasteiger partial charge on any atom is -0.377 e. The van der Waals surface area contributed by atoms with Gasteiger partial charge in [-0.1, -0.05) is 6.07 Å². The van der Waals surface area contributed by atoms with Gasteiger partial charge in [0.25, 0.3) is 0 Å². The van der Waals surface area contributed by atoms with Crippen LogP contribution >= 0.6 is 0 Å². The first-order valence-corrected chi connectivity index (χ1v) is 5.53. The SMILES string of the molecule is Cc1ncccc1CNC1CCOC1C.